The van der Waals surface area contributed by atoms with Crippen molar-refractivity contribution in [1.29, 1.82) is 5.26 Å². The van der Waals surface area contributed by atoms with Crippen LogP contribution in [0.3, 0.4) is 0 Å². The Kier molecular flexibility index (Phi) is 4.40. The fourth-order valence-electron chi connectivity index (χ4n) is 1.22. The third-order valence-corrected chi connectivity index (χ3v) is 2.00. The number of carbonyl (C=O) groups is 1. The minimum Gasteiger partial charge on any atom is -0.468 e. The van der Waals surface area contributed by atoms with E-state index < -0.39 is 18.5 Å². The molecule has 1 rings (SSSR count). The summed E-state index contributed by atoms with van der Waals surface area (Å²) in [4.78, 5) is 11.2. The minimum atomic E-state index is -2.91. The summed E-state index contributed by atoms with van der Waals surface area (Å²) in [5, 5.41) is 8.79. The topological polar surface area (TPSA) is 59.3 Å². The van der Waals surface area contributed by atoms with E-state index in [1.165, 1.54) is 31.4 Å². The molecule has 1 aromatic carbocycles. The fourth-order valence-corrected chi connectivity index (χ4v) is 1.22. The van der Waals surface area contributed by atoms with E-state index in [1.807, 2.05) is 0 Å². The summed E-state index contributed by atoms with van der Waals surface area (Å²) < 4.78 is 32.3. The molecule has 0 heterocycles. The maximum absolute atomic E-state index is 11.9. The summed E-state index contributed by atoms with van der Waals surface area (Å²) in [5.41, 5.74) is 0.362. The lowest BCUT2D eigenvalue weighted by atomic mass is 10.0. The normalized spacial score (nSPS) is 11.7. The molecule has 0 bridgehead atoms. The van der Waals surface area contributed by atoms with Gasteiger partial charge < -0.3 is 9.47 Å². The molecule has 4 nitrogen and oxygen atoms in total. The molecule has 0 N–H and O–H groups in total. The molecule has 0 aliphatic rings. The summed E-state index contributed by atoms with van der Waals surface area (Å²) in [7, 11) is 1.17. The maximum Gasteiger partial charge on any atom is 0.387 e. The standard InChI is InChI=1S/C11H9F2NO3/c1-16-10(15)9(6-14)7-2-4-8(5-3-7)17-11(12)13/h2-5,9,11H,1H3. The second kappa shape index (κ2) is 5.80. The lowest BCUT2D eigenvalue weighted by Gasteiger charge is -2.08. The number of nitrogens with zero attached hydrogens (tertiary/aromatic N) is 1. The predicted molar refractivity (Wildman–Crippen MR) is 53.4 cm³/mol. The quantitative estimate of drug-likeness (QED) is 0.757. The number of carbonyl (C=O) groups excluding carboxylic acids is 1. The zero-order chi connectivity index (χ0) is 12.8. The Morgan fingerprint density at radius 1 is 1.35 bits per heavy atom. The Hall–Kier alpha value is -2.16. The number of rotatable bonds is 4. The van der Waals surface area contributed by atoms with Gasteiger partial charge >= 0.3 is 12.6 Å². The number of ether oxygens (including phenoxy) is 2. The minimum absolute atomic E-state index is 0.0368. The van der Waals surface area contributed by atoms with E-state index in [1.54, 1.807) is 6.07 Å². The SMILES string of the molecule is COC(=O)C(C#N)c1ccc(OC(F)F)cc1. The molecule has 17 heavy (non-hydrogen) atoms. The van der Waals surface area contributed by atoms with Gasteiger partial charge in [-0.1, -0.05) is 12.1 Å². The molecule has 1 aromatic rings. The van der Waals surface area contributed by atoms with Crippen molar-refractivity contribution in [1.82, 2.24) is 0 Å². The Morgan fingerprint density at radius 3 is 2.35 bits per heavy atom. The van der Waals surface area contributed by atoms with Crippen molar-refractivity contribution in [3.63, 3.8) is 0 Å². The van der Waals surface area contributed by atoms with E-state index in [2.05, 4.69) is 9.47 Å². The molecular weight excluding hydrogens is 232 g/mol. The van der Waals surface area contributed by atoms with E-state index in [4.69, 9.17) is 5.26 Å². The van der Waals surface area contributed by atoms with Gasteiger partial charge in [0, 0.05) is 0 Å². The third-order valence-electron chi connectivity index (χ3n) is 2.00. The molecule has 0 spiro atoms. The highest BCUT2D eigenvalue weighted by atomic mass is 19.3. The summed E-state index contributed by atoms with van der Waals surface area (Å²) in [6, 6.07) is 7.01. The molecule has 0 aliphatic carbocycles. The molecule has 0 aromatic heterocycles. The van der Waals surface area contributed by atoms with Gasteiger partial charge in [0.25, 0.3) is 0 Å². The number of methoxy groups -OCH3 is 1. The lowest BCUT2D eigenvalue weighted by Crippen LogP contribution is -2.12. The zero-order valence-corrected chi connectivity index (χ0v) is 8.89. The van der Waals surface area contributed by atoms with E-state index in [-0.39, 0.29) is 5.75 Å². The van der Waals surface area contributed by atoms with Crippen molar-refractivity contribution in [2.24, 2.45) is 0 Å². The largest absolute Gasteiger partial charge is 0.468 e. The second-order valence-electron chi connectivity index (χ2n) is 3.03. The molecule has 6 heteroatoms. The van der Waals surface area contributed by atoms with E-state index in [0.717, 1.165) is 0 Å². The first-order chi connectivity index (χ1) is 8.08. The molecule has 0 aliphatic heterocycles. The maximum atomic E-state index is 11.9. The van der Waals surface area contributed by atoms with Crippen molar-refractivity contribution in [2.75, 3.05) is 7.11 Å². The van der Waals surface area contributed by atoms with Crippen LogP contribution in [0.15, 0.2) is 24.3 Å². The number of esters is 1. The van der Waals surface area contributed by atoms with Gasteiger partial charge in [0.15, 0.2) is 5.92 Å². The average Bonchev–Trinajstić information content (AvgIpc) is 2.31. The van der Waals surface area contributed by atoms with Crippen LogP contribution in [0.5, 0.6) is 5.75 Å². The summed E-state index contributed by atoms with van der Waals surface area (Å²) in [5.74, 6) is -1.80. The van der Waals surface area contributed by atoms with Crippen molar-refractivity contribution >= 4 is 5.97 Å². The predicted octanol–water partition coefficient (Wildman–Crippen LogP) is 2.07. The van der Waals surface area contributed by atoms with Gasteiger partial charge in [-0.2, -0.15) is 14.0 Å². The van der Waals surface area contributed by atoms with Gasteiger partial charge in [0.05, 0.1) is 13.2 Å². The van der Waals surface area contributed by atoms with Crippen LogP contribution < -0.4 is 4.74 Å². The molecule has 0 saturated carbocycles. The van der Waals surface area contributed by atoms with Gasteiger partial charge in [0.1, 0.15) is 5.75 Å². The van der Waals surface area contributed by atoms with E-state index in [9.17, 15) is 13.6 Å². The van der Waals surface area contributed by atoms with Crippen LogP contribution >= 0.6 is 0 Å². The van der Waals surface area contributed by atoms with Crippen molar-refractivity contribution in [3.05, 3.63) is 29.8 Å². The number of benzene rings is 1. The van der Waals surface area contributed by atoms with Crippen molar-refractivity contribution in [3.8, 4) is 11.8 Å². The highest BCUT2D eigenvalue weighted by molar-refractivity contribution is 5.81. The lowest BCUT2D eigenvalue weighted by molar-refractivity contribution is -0.141. The van der Waals surface area contributed by atoms with Crippen LogP contribution in [0.1, 0.15) is 11.5 Å². The summed E-state index contributed by atoms with van der Waals surface area (Å²) >= 11 is 0. The van der Waals surface area contributed by atoms with Crippen LogP contribution in [0, 0.1) is 11.3 Å². The zero-order valence-electron chi connectivity index (χ0n) is 8.89. The number of hydrogen-bond donors (Lipinski definition) is 0. The Labute approximate surface area is 96.4 Å². The molecule has 0 saturated heterocycles. The number of nitriles is 1. The molecule has 0 fully saturated rings. The first-order valence-corrected chi connectivity index (χ1v) is 4.60. The summed E-state index contributed by atoms with van der Waals surface area (Å²) in [6.07, 6.45) is 0. The smallest absolute Gasteiger partial charge is 0.387 e. The molecule has 90 valence electrons. The van der Waals surface area contributed by atoms with Crippen LogP contribution in [0.25, 0.3) is 0 Å². The van der Waals surface area contributed by atoms with E-state index >= 15 is 0 Å². The molecule has 1 unspecified atom stereocenters. The van der Waals surface area contributed by atoms with Crippen LogP contribution in [0.2, 0.25) is 0 Å². The summed E-state index contributed by atoms with van der Waals surface area (Å²) in [6.45, 7) is -2.91. The molecule has 1 atom stereocenters. The van der Waals surface area contributed by atoms with Gasteiger partial charge in [-0.25, -0.2) is 0 Å². The Bertz CT molecular complexity index is 425. The number of hydrogen-bond acceptors (Lipinski definition) is 4. The number of alkyl halides is 2. The van der Waals surface area contributed by atoms with Gasteiger partial charge in [-0.15, -0.1) is 0 Å². The van der Waals surface area contributed by atoms with Gasteiger partial charge in [-0.05, 0) is 17.7 Å². The molecule has 0 radical (unpaired) electrons. The molecule has 0 amide bonds. The highest BCUT2D eigenvalue weighted by Crippen LogP contribution is 2.21. The van der Waals surface area contributed by atoms with Crippen LogP contribution in [0.4, 0.5) is 8.78 Å². The first kappa shape index (κ1) is 12.9. The Balaban J connectivity index is 2.86. The Morgan fingerprint density at radius 2 is 1.94 bits per heavy atom. The third kappa shape index (κ3) is 3.41. The van der Waals surface area contributed by atoms with Crippen molar-refractivity contribution < 1.29 is 23.0 Å². The monoisotopic (exact) mass is 241 g/mol. The van der Waals surface area contributed by atoms with E-state index in [0.29, 0.717) is 5.56 Å². The number of halogens is 2. The van der Waals surface area contributed by atoms with Crippen LogP contribution in [-0.2, 0) is 9.53 Å². The highest BCUT2D eigenvalue weighted by Gasteiger charge is 2.20. The average molecular weight is 241 g/mol. The van der Waals surface area contributed by atoms with Crippen molar-refractivity contribution in [2.45, 2.75) is 12.5 Å². The first-order valence-electron chi connectivity index (χ1n) is 4.60. The van der Waals surface area contributed by atoms with Crippen LogP contribution in [-0.4, -0.2) is 19.7 Å². The fraction of sp³-hybridized carbons (Fsp3) is 0.273. The van der Waals surface area contributed by atoms with Gasteiger partial charge in [0.2, 0.25) is 0 Å². The molecular formula is C11H9F2NO3. The second-order valence-corrected chi connectivity index (χ2v) is 3.03. The van der Waals surface area contributed by atoms with Gasteiger partial charge in [-0.3, -0.25) is 4.79 Å².